The van der Waals surface area contributed by atoms with E-state index in [1.54, 1.807) is 6.07 Å². The first-order chi connectivity index (χ1) is 11.8. The van der Waals surface area contributed by atoms with Crippen LogP contribution in [0.15, 0.2) is 72.8 Å². The van der Waals surface area contributed by atoms with Crippen molar-refractivity contribution in [3.8, 4) is 0 Å². The summed E-state index contributed by atoms with van der Waals surface area (Å²) in [5.41, 5.74) is 3.02. The maximum atomic E-state index is 10.2. The number of ether oxygens (including phenoxy) is 1. The smallest absolute Gasteiger partial charge is 0.198 e. The third-order valence-corrected chi connectivity index (χ3v) is 3.92. The van der Waals surface area contributed by atoms with Crippen LogP contribution in [0.1, 0.15) is 17.7 Å². The van der Waals surface area contributed by atoms with Gasteiger partial charge in [-0.25, -0.2) is 4.98 Å². The van der Waals surface area contributed by atoms with Gasteiger partial charge in [-0.2, -0.15) is 0 Å². The Morgan fingerprint density at radius 1 is 0.750 bits per heavy atom. The van der Waals surface area contributed by atoms with Gasteiger partial charge in [0.2, 0.25) is 0 Å². The summed E-state index contributed by atoms with van der Waals surface area (Å²) < 4.78 is 5.54. The van der Waals surface area contributed by atoms with Crippen molar-refractivity contribution in [2.75, 3.05) is 0 Å². The minimum atomic E-state index is -1.08. The first kappa shape index (κ1) is 14.8. The molecule has 0 aliphatic heterocycles. The fourth-order valence-electron chi connectivity index (χ4n) is 2.66. The highest BCUT2D eigenvalue weighted by molar-refractivity contribution is 5.79. The summed E-state index contributed by atoms with van der Waals surface area (Å²) in [6, 6.07) is 23.3. The highest BCUT2D eigenvalue weighted by Crippen LogP contribution is 2.19. The number of hydrogen-bond acceptors (Lipinski definition) is 4. The first-order valence-corrected chi connectivity index (χ1v) is 7.80. The second-order valence-electron chi connectivity index (χ2n) is 5.59. The molecule has 2 aromatic heterocycles. The number of rotatable bonds is 4. The quantitative estimate of drug-likeness (QED) is 0.578. The summed E-state index contributed by atoms with van der Waals surface area (Å²) in [6.07, 6.45) is -1.08. The molecule has 2 heterocycles. The molecule has 4 nitrogen and oxygen atoms in total. The van der Waals surface area contributed by atoms with Crippen LogP contribution in [0.2, 0.25) is 0 Å². The molecule has 1 N–H and O–H groups in total. The zero-order chi connectivity index (χ0) is 16.4. The van der Waals surface area contributed by atoms with Crippen molar-refractivity contribution >= 4 is 21.8 Å². The van der Waals surface area contributed by atoms with Crippen LogP contribution in [0.4, 0.5) is 0 Å². The van der Waals surface area contributed by atoms with Crippen molar-refractivity contribution in [3.05, 3.63) is 84.2 Å². The number of hydrogen-bond donors (Lipinski definition) is 1. The van der Waals surface area contributed by atoms with Crippen LogP contribution in [0.5, 0.6) is 0 Å². The topological polar surface area (TPSA) is 55.2 Å². The number of aromatic nitrogens is 2. The maximum Gasteiger partial charge on any atom is 0.198 e. The Bertz CT molecular complexity index is 1000. The summed E-state index contributed by atoms with van der Waals surface area (Å²) >= 11 is 0. The highest BCUT2D eigenvalue weighted by atomic mass is 16.6. The summed E-state index contributed by atoms with van der Waals surface area (Å²) in [5.74, 6) is 0. The Labute approximate surface area is 139 Å². The molecule has 0 saturated heterocycles. The fraction of sp³-hybridized carbons (Fsp3) is 0.100. The molecule has 4 aromatic rings. The van der Waals surface area contributed by atoms with Gasteiger partial charge in [-0.3, -0.25) is 4.98 Å². The summed E-state index contributed by atoms with van der Waals surface area (Å²) in [4.78, 5) is 8.98. The van der Waals surface area contributed by atoms with Crippen molar-refractivity contribution in [1.82, 2.24) is 9.97 Å². The number of aliphatic hydroxyl groups excluding tert-OH is 1. The van der Waals surface area contributed by atoms with Gasteiger partial charge >= 0.3 is 0 Å². The minimum absolute atomic E-state index is 0.223. The van der Waals surface area contributed by atoms with Gasteiger partial charge in [0.25, 0.3) is 0 Å². The van der Waals surface area contributed by atoms with Crippen LogP contribution >= 0.6 is 0 Å². The standard InChI is InChI=1S/C20H16N2O2/c23-20(19-12-10-15-6-2-4-8-18(15)22-19)24-13-16-11-9-14-5-1-3-7-17(14)21-16/h1-12,20,23H,13H2. The van der Waals surface area contributed by atoms with Gasteiger partial charge in [0.05, 0.1) is 29.0 Å². The number of para-hydroxylation sites is 2. The summed E-state index contributed by atoms with van der Waals surface area (Å²) in [6.45, 7) is 0.223. The van der Waals surface area contributed by atoms with Crippen molar-refractivity contribution in [3.63, 3.8) is 0 Å². The normalized spacial score (nSPS) is 12.5. The van der Waals surface area contributed by atoms with Crippen LogP contribution in [-0.2, 0) is 11.3 Å². The van der Waals surface area contributed by atoms with E-state index in [9.17, 15) is 5.11 Å². The molecule has 4 rings (SSSR count). The van der Waals surface area contributed by atoms with Gasteiger partial charge in [0.15, 0.2) is 6.29 Å². The first-order valence-electron chi connectivity index (χ1n) is 7.80. The van der Waals surface area contributed by atoms with E-state index in [4.69, 9.17) is 4.74 Å². The Kier molecular flexibility index (Phi) is 3.91. The van der Waals surface area contributed by atoms with Crippen molar-refractivity contribution in [2.24, 2.45) is 0 Å². The van der Waals surface area contributed by atoms with E-state index < -0.39 is 6.29 Å². The van der Waals surface area contributed by atoms with Gasteiger partial charge in [-0.05, 0) is 24.3 Å². The van der Waals surface area contributed by atoms with Gasteiger partial charge in [-0.15, -0.1) is 0 Å². The van der Waals surface area contributed by atoms with E-state index in [0.29, 0.717) is 5.69 Å². The lowest BCUT2D eigenvalue weighted by molar-refractivity contribution is -0.115. The maximum absolute atomic E-state index is 10.2. The Morgan fingerprint density at radius 3 is 2.12 bits per heavy atom. The number of aliphatic hydroxyl groups is 1. The van der Waals surface area contributed by atoms with Crippen LogP contribution in [0.3, 0.4) is 0 Å². The summed E-state index contributed by atoms with van der Waals surface area (Å²) in [5, 5.41) is 12.4. The third-order valence-electron chi connectivity index (χ3n) is 3.92. The molecule has 0 aliphatic carbocycles. The second kappa shape index (κ2) is 6.35. The van der Waals surface area contributed by atoms with Crippen molar-refractivity contribution in [1.29, 1.82) is 0 Å². The van der Waals surface area contributed by atoms with E-state index in [-0.39, 0.29) is 6.61 Å². The van der Waals surface area contributed by atoms with E-state index in [1.807, 2.05) is 66.7 Å². The van der Waals surface area contributed by atoms with Gasteiger partial charge in [0, 0.05) is 10.8 Å². The molecule has 0 aliphatic rings. The molecule has 0 spiro atoms. The van der Waals surface area contributed by atoms with Crippen LogP contribution in [0, 0.1) is 0 Å². The van der Waals surface area contributed by atoms with Crippen LogP contribution < -0.4 is 0 Å². The number of nitrogens with zero attached hydrogens (tertiary/aromatic N) is 2. The largest absolute Gasteiger partial charge is 0.363 e. The molecule has 0 amide bonds. The highest BCUT2D eigenvalue weighted by Gasteiger charge is 2.11. The zero-order valence-corrected chi connectivity index (χ0v) is 13.0. The number of fused-ring (bicyclic) bond motifs is 2. The molecule has 118 valence electrons. The molecular formula is C20H16N2O2. The van der Waals surface area contributed by atoms with E-state index in [1.165, 1.54) is 0 Å². The number of pyridine rings is 2. The Morgan fingerprint density at radius 2 is 1.38 bits per heavy atom. The fourth-order valence-corrected chi connectivity index (χ4v) is 2.66. The Balaban J connectivity index is 1.50. The molecule has 0 saturated carbocycles. The molecule has 0 radical (unpaired) electrons. The molecule has 2 aromatic carbocycles. The molecule has 0 fully saturated rings. The second-order valence-corrected chi connectivity index (χ2v) is 5.59. The molecule has 24 heavy (non-hydrogen) atoms. The van der Waals surface area contributed by atoms with Crippen LogP contribution in [0.25, 0.3) is 21.8 Å². The SMILES string of the molecule is OC(OCc1ccc2ccccc2n1)c1ccc2ccccc2n1. The molecular weight excluding hydrogens is 300 g/mol. The predicted molar refractivity (Wildman–Crippen MR) is 93.2 cm³/mol. The van der Waals surface area contributed by atoms with E-state index in [2.05, 4.69) is 9.97 Å². The van der Waals surface area contributed by atoms with Gasteiger partial charge in [0.1, 0.15) is 0 Å². The molecule has 4 heteroatoms. The lowest BCUT2D eigenvalue weighted by Crippen LogP contribution is -2.06. The zero-order valence-electron chi connectivity index (χ0n) is 13.0. The molecule has 1 atom stereocenters. The summed E-state index contributed by atoms with van der Waals surface area (Å²) in [7, 11) is 0. The van der Waals surface area contributed by atoms with Gasteiger partial charge in [-0.1, -0.05) is 48.5 Å². The molecule has 1 unspecified atom stereocenters. The van der Waals surface area contributed by atoms with E-state index >= 15 is 0 Å². The average Bonchev–Trinajstić information content (AvgIpc) is 2.65. The average molecular weight is 316 g/mol. The number of benzene rings is 2. The molecule has 0 bridgehead atoms. The van der Waals surface area contributed by atoms with Crippen molar-refractivity contribution < 1.29 is 9.84 Å². The lowest BCUT2D eigenvalue weighted by Gasteiger charge is -2.12. The lowest BCUT2D eigenvalue weighted by atomic mass is 10.2. The predicted octanol–water partition coefficient (Wildman–Crippen LogP) is 3.99. The van der Waals surface area contributed by atoms with E-state index in [0.717, 1.165) is 27.5 Å². The van der Waals surface area contributed by atoms with Crippen molar-refractivity contribution in [2.45, 2.75) is 12.9 Å². The minimum Gasteiger partial charge on any atom is -0.363 e. The third kappa shape index (κ3) is 2.97. The monoisotopic (exact) mass is 316 g/mol. The van der Waals surface area contributed by atoms with Gasteiger partial charge < -0.3 is 9.84 Å². The Hall–Kier alpha value is -2.82. The van der Waals surface area contributed by atoms with Crippen LogP contribution in [-0.4, -0.2) is 15.1 Å².